The summed E-state index contributed by atoms with van der Waals surface area (Å²) in [4.78, 5) is 30.8. The minimum atomic E-state index is -2.72. The molecule has 0 bridgehead atoms. The summed E-state index contributed by atoms with van der Waals surface area (Å²) in [7, 11) is 0. The summed E-state index contributed by atoms with van der Waals surface area (Å²) >= 11 is 0. The Kier molecular flexibility index (Phi) is 4.96. The zero-order valence-electron chi connectivity index (χ0n) is 15.5. The summed E-state index contributed by atoms with van der Waals surface area (Å²) in [5, 5.41) is 9.29. The third kappa shape index (κ3) is 4.23. The van der Waals surface area contributed by atoms with E-state index in [4.69, 9.17) is 0 Å². The average molecular weight is 399 g/mol. The van der Waals surface area contributed by atoms with Crippen LogP contribution in [0, 0.1) is 0 Å². The number of alkyl halides is 2. The Morgan fingerprint density at radius 3 is 2.83 bits per heavy atom. The predicted molar refractivity (Wildman–Crippen MR) is 106 cm³/mol. The first-order chi connectivity index (χ1) is 13.9. The monoisotopic (exact) mass is 399 g/mol. The van der Waals surface area contributed by atoms with Gasteiger partial charge in [-0.15, -0.1) is 0 Å². The fraction of sp³-hybridized carbons (Fsp3) is 0.300. The van der Waals surface area contributed by atoms with Gasteiger partial charge in [0.25, 0.3) is 11.5 Å². The topological polar surface area (TPSA) is 91.0 Å². The summed E-state index contributed by atoms with van der Waals surface area (Å²) in [6.45, 7) is 0.485. The number of carbonyl (C=O) groups is 1. The van der Waals surface area contributed by atoms with Crippen LogP contribution in [-0.2, 0) is 0 Å². The molecule has 1 fully saturated rings. The number of rotatable bonds is 3. The van der Waals surface area contributed by atoms with Crippen molar-refractivity contribution in [3.8, 4) is 0 Å². The standard InChI is InChI=1S/C20H19F2N5O2/c21-20(22)6-3-8-27(9-7-20)18-15(10-13-4-1-2-5-16(13)25-18)19(29)24-14-11-17(28)26-23-12-14/h1-2,4-5,10-12H,3,6-9H2,(H2,24,26,28,29). The number of hydrogen-bond donors (Lipinski definition) is 2. The van der Waals surface area contributed by atoms with Gasteiger partial charge < -0.3 is 10.2 Å². The maximum absolute atomic E-state index is 13.8. The van der Waals surface area contributed by atoms with E-state index in [9.17, 15) is 18.4 Å². The van der Waals surface area contributed by atoms with Crippen molar-refractivity contribution in [1.29, 1.82) is 0 Å². The van der Waals surface area contributed by atoms with Crippen molar-refractivity contribution in [3.63, 3.8) is 0 Å². The second-order valence-corrected chi connectivity index (χ2v) is 7.04. The lowest BCUT2D eigenvalue weighted by Gasteiger charge is -2.24. The molecule has 0 saturated carbocycles. The Hall–Kier alpha value is -3.36. The average Bonchev–Trinajstić information content (AvgIpc) is 2.87. The Morgan fingerprint density at radius 1 is 1.17 bits per heavy atom. The van der Waals surface area contributed by atoms with Gasteiger partial charge in [-0.2, -0.15) is 5.10 Å². The molecule has 1 saturated heterocycles. The van der Waals surface area contributed by atoms with Gasteiger partial charge in [-0.25, -0.2) is 18.9 Å². The van der Waals surface area contributed by atoms with Crippen molar-refractivity contribution in [1.82, 2.24) is 15.2 Å². The SMILES string of the molecule is O=C(Nc1cn[nH]c(=O)c1)c1cc2ccccc2nc1N1CCCC(F)(F)CC1. The van der Waals surface area contributed by atoms with Gasteiger partial charge in [0, 0.05) is 37.4 Å². The maximum Gasteiger partial charge on any atom is 0.266 e. The van der Waals surface area contributed by atoms with Crippen LogP contribution in [0.1, 0.15) is 29.6 Å². The number of pyridine rings is 1. The van der Waals surface area contributed by atoms with Gasteiger partial charge >= 0.3 is 0 Å². The van der Waals surface area contributed by atoms with Crippen molar-refractivity contribution in [2.24, 2.45) is 0 Å². The number of fused-ring (bicyclic) bond motifs is 1. The third-order valence-electron chi connectivity index (χ3n) is 4.89. The highest BCUT2D eigenvalue weighted by atomic mass is 19.3. The van der Waals surface area contributed by atoms with Gasteiger partial charge in [-0.3, -0.25) is 9.59 Å². The van der Waals surface area contributed by atoms with Gasteiger partial charge in [-0.05, 0) is 18.6 Å². The van der Waals surface area contributed by atoms with Crippen molar-refractivity contribution in [3.05, 3.63) is 58.5 Å². The Balaban J connectivity index is 1.74. The van der Waals surface area contributed by atoms with Gasteiger partial charge in [0.05, 0.1) is 23.0 Å². The molecule has 0 unspecified atom stereocenters. The van der Waals surface area contributed by atoms with Crippen LogP contribution in [0.2, 0.25) is 0 Å². The molecular weight excluding hydrogens is 380 g/mol. The molecule has 2 aromatic heterocycles. The first-order valence-corrected chi connectivity index (χ1v) is 9.30. The maximum atomic E-state index is 13.8. The second-order valence-electron chi connectivity index (χ2n) is 7.04. The Labute approximate surface area is 164 Å². The number of para-hydroxylation sites is 1. The number of aromatic amines is 1. The molecule has 1 aromatic carbocycles. The quantitative estimate of drug-likeness (QED) is 0.706. The number of H-pyrrole nitrogens is 1. The van der Waals surface area contributed by atoms with Crippen LogP contribution < -0.4 is 15.8 Å². The van der Waals surface area contributed by atoms with E-state index < -0.39 is 17.4 Å². The van der Waals surface area contributed by atoms with E-state index in [-0.39, 0.29) is 30.6 Å². The molecule has 4 rings (SSSR count). The number of carbonyl (C=O) groups excluding carboxylic acids is 1. The highest BCUT2D eigenvalue weighted by molar-refractivity contribution is 6.09. The highest BCUT2D eigenvalue weighted by Gasteiger charge is 2.33. The van der Waals surface area contributed by atoms with Crippen molar-refractivity contribution in [2.45, 2.75) is 25.2 Å². The number of amides is 1. The largest absolute Gasteiger partial charge is 0.356 e. The van der Waals surface area contributed by atoms with E-state index in [1.165, 1.54) is 12.3 Å². The minimum absolute atomic E-state index is 0.102. The van der Waals surface area contributed by atoms with Gasteiger partial charge in [0.2, 0.25) is 5.92 Å². The van der Waals surface area contributed by atoms with Crippen LogP contribution in [0.5, 0.6) is 0 Å². The summed E-state index contributed by atoms with van der Waals surface area (Å²) in [5.41, 5.74) is 0.719. The molecule has 0 aliphatic carbocycles. The lowest BCUT2D eigenvalue weighted by Crippen LogP contribution is -2.29. The van der Waals surface area contributed by atoms with Crippen LogP contribution in [0.4, 0.5) is 20.3 Å². The summed E-state index contributed by atoms with van der Waals surface area (Å²) < 4.78 is 27.7. The number of benzene rings is 1. The van der Waals surface area contributed by atoms with Crippen molar-refractivity contribution < 1.29 is 13.6 Å². The van der Waals surface area contributed by atoms with Crippen LogP contribution >= 0.6 is 0 Å². The van der Waals surface area contributed by atoms with Crippen LogP contribution in [0.25, 0.3) is 10.9 Å². The molecular formula is C20H19F2N5O2. The molecule has 29 heavy (non-hydrogen) atoms. The van der Waals surface area contributed by atoms with E-state index in [0.29, 0.717) is 24.3 Å². The van der Waals surface area contributed by atoms with E-state index in [1.807, 2.05) is 24.3 Å². The van der Waals surface area contributed by atoms with Crippen LogP contribution in [0.3, 0.4) is 0 Å². The molecule has 1 amide bonds. The first kappa shape index (κ1) is 19.0. The normalized spacial score (nSPS) is 16.4. The lowest BCUT2D eigenvalue weighted by molar-refractivity contribution is -0.0102. The smallest absolute Gasteiger partial charge is 0.266 e. The number of hydrogen-bond acceptors (Lipinski definition) is 5. The first-order valence-electron chi connectivity index (χ1n) is 9.30. The molecule has 1 aliphatic heterocycles. The zero-order valence-corrected chi connectivity index (χ0v) is 15.5. The van der Waals surface area contributed by atoms with E-state index in [0.717, 1.165) is 5.39 Å². The number of aromatic nitrogens is 3. The molecule has 1 aliphatic rings. The summed E-state index contributed by atoms with van der Waals surface area (Å²) in [6.07, 6.45) is 1.15. The molecule has 9 heteroatoms. The van der Waals surface area contributed by atoms with Gasteiger partial charge in [0.15, 0.2) is 0 Å². The summed E-state index contributed by atoms with van der Waals surface area (Å²) in [5.74, 6) is -2.84. The predicted octanol–water partition coefficient (Wildman–Crippen LogP) is 3.20. The molecule has 3 heterocycles. The Bertz CT molecular complexity index is 1120. The number of nitrogens with one attached hydrogen (secondary N) is 2. The van der Waals surface area contributed by atoms with Gasteiger partial charge in [-0.1, -0.05) is 18.2 Å². The molecule has 3 aromatic rings. The molecule has 2 N–H and O–H groups in total. The van der Waals surface area contributed by atoms with E-state index in [2.05, 4.69) is 20.5 Å². The zero-order chi connectivity index (χ0) is 20.4. The van der Waals surface area contributed by atoms with E-state index in [1.54, 1.807) is 11.0 Å². The minimum Gasteiger partial charge on any atom is -0.356 e. The molecule has 150 valence electrons. The van der Waals surface area contributed by atoms with Crippen molar-refractivity contribution >= 4 is 28.3 Å². The third-order valence-corrected chi connectivity index (χ3v) is 4.89. The molecule has 0 atom stereocenters. The fourth-order valence-corrected chi connectivity index (χ4v) is 3.43. The fourth-order valence-electron chi connectivity index (χ4n) is 3.43. The lowest BCUT2D eigenvalue weighted by atomic mass is 10.1. The Morgan fingerprint density at radius 2 is 2.00 bits per heavy atom. The van der Waals surface area contributed by atoms with Crippen LogP contribution in [0.15, 0.2) is 47.4 Å². The highest BCUT2D eigenvalue weighted by Crippen LogP contribution is 2.32. The number of anilines is 2. The van der Waals surface area contributed by atoms with Crippen molar-refractivity contribution in [2.75, 3.05) is 23.3 Å². The number of halogens is 2. The molecule has 7 nitrogen and oxygen atoms in total. The molecule has 0 spiro atoms. The summed E-state index contributed by atoms with van der Waals surface area (Å²) in [6, 6.07) is 10.2. The molecule has 0 radical (unpaired) electrons. The van der Waals surface area contributed by atoms with Crippen LogP contribution in [-0.4, -0.2) is 40.1 Å². The van der Waals surface area contributed by atoms with E-state index >= 15 is 0 Å². The van der Waals surface area contributed by atoms with Gasteiger partial charge in [0.1, 0.15) is 5.82 Å². The number of nitrogens with zero attached hydrogens (tertiary/aromatic N) is 3. The second kappa shape index (κ2) is 7.57.